The Morgan fingerprint density at radius 3 is 2.27 bits per heavy atom. The van der Waals surface area contributed by atoms with E-state index >= 15 is 0 Å². The van der Waals surface area contributed by atoms with Crippen LogP contribution < -0.4 is 5.32 Å². The quantitative estimate of drug-likeness (QED) is 0.474. The van der Waals surface area contributed by atoms with Gasteiger partial charge in [-0.2, -0.15) is 0 Å². The van der Waals surface area contributed by atoms with E-state index in [4.69, 9.17) is 0 Å². The van der Waals surface area contributed by atoms with Crippen molar-refractivity contribution in [2.75, 3.05) is 20.1 Å². The summed E-state index contributed by atoms with van der Waals surface area (Å²) in [6.45, 7) is 1.46. The Balaban J connectivity index is 2.46. The van der Waals surface area contributed by atoms with Gasteiger partial charge in [0.2, 0.25) is 0 Å². The van der Waals surface area contributed by atoms with Crippen LogP contribution in [0.5, 0.6) is 0 Å². The summed E-state index contributed by atoms with van der Waals surface area (Å²) < 4.78 is 0. The molecule has 1 heterocycles. The van der Waals surface area contributed by atoms with Gasteiger partial charge in [-0.05, 0) is 12.8 Å². The van der Waals surface area contributed by atoms with Crippen molar-refractivity contribution >= 4 is 11.8 Å². The highest BCUT2D eigenvalue weighted by Gasteiger charge is 2.22. The van der Waals surface area contributed by atoms with Crippen molar-refractivity contribution in [1.82, 2.24) is 10.2 Å². The molecule has 11 heavy (non-hydrogen) atoms. The van der Waals surface area contributed by atoms with E-state index < -0.39 is 11.8 Å². The van der Waals surface area contributed by atoms with Crippen LogP contribution in [0.1, 0.15) is 12.8 Å². The average molecular weight is 156 g/mol. The largest absolute Gasteiger partial charge is 0.351 e. The van der Waals surface area contributed by atoms with Crippen LogP contribution in [0.2, 0.25) is 0 Å². The Morgan fingerprint density at radius 1 is 1.27 bits per heavy atom. The molecule has 4 nitrogen and oxygen atoms in total. The van der Waals surface area contributed by atoms with Gasteiger partial charge >= 0.3 is 11.8 Å². The summed E-state index contributed by atoms with van der Waals surface area (Å²) >= 11 is 0. The fourth-order valence-corrected chi connectivity index (χ4v) is 1.17. The monoisotopic (exact) mass is 156 g/mol. The highest BCUT2D eigenvalue weighted by Crippen LogP contribution is 2.06. The van der Waals surface area contributed by atoms with E-state index in [2.05, 4.69) is 5.32 Å². The zero-order valence-corrected chi connectivity index (χ0v) is 6.59. The van der Waals surface area contributed by atoms with Crippen molar-refractivity contribution in [3.8, 4) is 0 Å². The zero-order valence-electron chi connectivity index (χ0n) is 6.59. The molecule has 0 aliphatic carbocycles. The molecule has 62 valence electrons. The van der Waals surface area contributed by atoms with E-state index in [1.807, 2.05) is 0 Å². The molecule has 0 saturated carbocycles. The van der Waals surface area contributed by atoms with Gasteiger partial charge in [0.1, 0.15) is 0 Å². The number of rotatable bonds is 0. The third-order valence-corrected chi connectivity index (χ3v) is 1.81. The van der Waals surface area contributed by atoms with E-state index in [1.165, 1.54) is 7.05 Å². The van der Waals surface area contributed by atoms with E-state index in [0.717, 1.165) is 25.9 Å². The minimum absolute atomic E-state index is 0.398. The van der Waals surface area contributed by atoms with E-state index in [0.29, 0.717) is 0 Å². The third-order valence-electron chi connectivity index (χ3n) is 1.81. The Morgan fingerprint density at radius 2 is 1.82 bits per heavy atom. The number of likely N-dealkylation sites (tertiary alicyclic amines) is 1. The Labute approximate surface area is 65.6 Å². The second kappa shape index (κ2) is 3.37. The van der Waals surface area contributed by atoms with Gasteiger partial charge in [0, 0.05) is 20.1 Å². The minimum atomic E-state index is -0.508. The van der Waals surface area contributed by atoms with Crippen LogP contribution in [-0.2, 0) is 9.59 Å². The molecule has 1 N–H and O–H groups in total. The highest BCUT2D eigenvalue weighted by atomic mass is 16.2. The van der Waals surface area contributed by atoms with Crippen LogP contribution in [0.3, 0.4) is 0 Å². The molecule has 0 unspecified atom stereocenters. The summed E-state index contributed by atoms with van der Waals surface area (Å²) in [6, 6.07) is 0. The lowest BCUT2D eigenvalue weighted by Gasteiger charge is -2.12. The van der Waals surface area contributed by atoms with Crippen LogP contribution >= 0.6 is 0 Å². The van der Waals surface area contributed by atoms with Gasteiger partial charge in [-0.15, -0.1) is 0 Å². The molecule has 0 aromatic heterocycles. The van der Waals surface area contributed by atoms with Crippen molar-refractivity contribution in [2.45, 2.75) is 12.8 Å². The second-order valence-corrected chi connectivity index (χ2v) is 2.58. The molecule has 0 aromatic rings. The summed E-state index contributed by atoms with van der Waals surface area (Å²) in [4.78, 5) is 23.5. The van der Waals surface area contributed by atoms with Crippen LogP contribution in [0.25, 0.3) is 0 Å². The predicted octanol–water partition coefficient (Wildman–Crippen LogP) is -0.645. The lowest BCUT2D eigenvalue weighted by atomic mass is 10.4. The van der Waals surface area contributed by atoms with Crippen molar-refractivity contribution in [3.05, 3.63) is 0 Å². The van der Waals surface area contributed by atoms with Gasteiger partial charge in [-0.1, -0.05) is 0 Å². The van der Waals surface area contributed by atoms with Gasteiger partial charge < -0.3 is 10.2 Å². The Hall–Kier alpha value is -1.06. The smallest absolute Gasteiger partial charge is 0.311 e. The molecule has 2 amide bonds. The number of nitrogens with one attached hydrogen (secondary N) is 1. The number of amides is 2. The van der Waals surface area contributed by atoms with Crippen molar-refractivity contribution in [2.24, 2.45) is 0 Å². The standard InChI is InChI=1S/C7H12N2O2/c1-8-6(10)7(11)9-4-2-3-5-9/h2-5H2,1H3,(H,8,10). The summed E-state index contributed by atoms with van der Waals surface area (Å²) in [5.41, 5.74) is 0. The van der Waals surface area contributed by atoms with Crippen LogP contribution in [0, 0.1) is 0 Å². The lowest BCUT2D eigenvalue weighted by Crippen LogP contribution is -2.39. The molecule has 1 aliphatic rings. The summed E-state index contributed by atoms with van der Waals surface area (Å²) in [7, 11) is 1.47. The maximum absolute atomic E-state index is 11.1. The number of hydrogen-bond donors (Lipinski definition) is 1. The third kappa shape index (κ3) is 1.69. The van der Waals surface area contributed by atoms with Gasteiger partial charge in [0.25, 0.3) is 0 Å². The molecule has 1 aliphatic heterocycles. The molecule has 0 radical (unpaired) electrons. The number of carbonyl (C=O) groups is 2. The number of hydrogen-bond acceptors (Lipinski definition) is 2. The fourth-order valence-electron chi connectivity index (χ4n) is 1.17. The molecule has 0 bridgehead atoms. The van der Waals surface area contributed by atoms with Crippen molar-refractivity contribution in [1.29, 1.82) is 0 Å². The number of carbonyl (C=O) groups excluding carboxylic acids is 2. The zero-order chi connectivity index (χ0) is 8.27. The molecule has 4 heteroatoms. The molecule has 0 atom stereocenters. The normalized spacial score (nSPS) is 16.6. The summed E-state index contributed by atoms with van der Waals surface area (Å²) in [6.07, 6.45) is 2.03. The Kier molecular flexibility index (Phi) is 2.46. The first-order valence-corrected chi connectivity index (χ1v) is 3.76. The molecule has 0 spiro atoms. The van der Waals surface area contributed by atoms with Crippen LogP contribution in [-0.4, -0.2) is 36.9 Å². The van der Waals surface area contributed by atoms with E-state index in [-0.39, 0.29) is 0 Å². The molecular formula is C7H12N2O2. The molecule has 1 fully saturated rings. The van der Waals surface area contributed by atoms with Crippen LogP contribution in [0.15, 0.2) is 0 Å². The van der Waals surface area contributed by atoms with Gasteiger partial charge in [-0.3, -0.25) is 9.59 Å². The average Bonchev–Trinajstić information content (AvgIpc) is 2.53. The lowest BCUT2D eigenvalue weighted by molar-refractivity contribution is -0.144. The molecule has 1 rings (SSSR count). The van der Waals surface area contributed by atoms with Gasteiger partial charge in [0.15, 0.2) is 0 Å². The van der Waals surface area contributed by atoms with Crippen LogP contribution in [0.4, 0.5) is 0 Å². The molecule has 0 aromatic carbocycles. The first-order chi connectivity index (χ1) is 5.25. The first-order valence-electron chi connectivity index (χ1n) is 3.76. The van der Waals surface area contributed by atoms with Gasteiger partial charge in [-0.25, -0.2) is 0 Å². The summed E-state index contributed by atoms with van der Waals surface area (Å²) in [5.74, 6) is -0.906. The maximum atomic E-state index is 11.1. The maximum Gasteiger partial charge on any atom is 0.311 e. The van der Waals surface area contributed by atoms with E-state index in [9.17, 15) is 9.59 Å². The minimum Gasteiger partial charge on any atom is -0.351 e. The first kappa shape index (κ1) is 8.04. The van der Waals surface area contributed by atoms with Gasteiger partial charge in [0.05, 0.1) is 0 Å². The van der Waals surface area contributed by atoms with E-state index in [1.54, 1.807) is 4.90 Å². The predicted molar refractivity (Wildman–Crippen MR) is 39.9 cm³/mol. The molecule has 1 saturated heterocycles. The topological polar surface area (TPSA) is 49.4 Å². The number of nitrogens with zero attached hydrogens (tertiary/aromatic N) is 1. The SMILES string of the molecule is CNC(=O)C(=O)N1CCCC1. The summed E-state index contributed by atoms with van der Waals surface area (Å²) in [5, 5.41) is 2.31. The second-order valence-electron chi connectivity index (χ2n) is 2.58. The molecular weight excluding hydrogens is 144 g/mol. The Bertz CT molecular complexity index is 173. The fraction of sp³-hybridized carbons (Fsp3) is 0.714. The van der Waals surface area contributed by atoms with Crippen molar-refractivity contribution < 1.29 is 9.59 Å². The van der Waals surface area contributed by atoms with Crippen molar-refractivity contribution in [3.63, 3.8) is 0 Å². The highest BCUT2D eigenvalue weighted by molar-refractivity contribution is 6.34. The number of likely N-dealkylation sites (N-methyl/N-ethyl adjacent to an activating group) is 1.